The van der Waals surface area contributed by atoms with Crippen molar-refractivity contribution < 1.29 is 9.59 Å². The first-order chi connectivity index (χ1) is 14.1. The van der Waals surface area contributed by atoms with Gasteiger partial charge in [-0.3, -0.25) is 9.59 Å². The van der Waals surface area contributed by atoms with E-state index in [0.29, 0.717) is 25.3 Å². The van der Waals surface area contributed by atoms with Crippen molar-refractivity contribution in [1.29, 1.82) is 0 Å². The van der Waals surface area contributed by atoms with Gasteiger partial charge in [-0.2, -0.15) is 0 Å². The molecule has 2 fully saturated rings. The maximum atomic E-state index is 12.7. The smallest absolute Gasteiger partial charge is 0.237 e. The van der Waals surface area contributed by atoms with Gasteiger partial charge in [-0.15, -0.1) is 0 Å². The Labute approximate surface area is 171 Å². The number of nitrogens with one attached hydrogen (secondary N) is 3. The first-order valence-electron chi connectivity index (χ1n) is 10.8. The average molecular weight is 398 g/mol. The van der Waals surface area contributed by atoms with E-state index in [9.17, 15) is 9.59 Å². The summed E-state index contributed by atoms with van der Waals surface area (Å²) in [5.41, 5.74) is 3.16. The van der Waals surface area contributed by atoms with Crippen LogP contribution in [0.5, 0.6) is 0 Å². The summed E-state index contributed by atoms with van der Waals surface area (Å²) >= 11 is 0. The molecule has 2 amide bonds. The normalized spacial score (nSPS) is 22.2. The second kappa shape index (κ2) is 8.95. The Morgan fingerprint density at radius 3 is 2.97 bits per heavy atom. The summed E-state index contributed by atoms with van der Waals surface area (Å²) in [5.74, 6) is 1.49. The minimum atomic E-state index is -0.0382. The first-order valence-corrected chi connectivity index (χ1v) is 10.8. The van der Waals surface area contributed by atoms with E-state index in [0.717, 1.165) is 67.7 Å². The fourth-order valence-electron chi connectivity index (χ4n) is 4.46. The highest BCUT2D eigenvalue weighted by Crippen LogP contribution is 2.19. The van der Waals surface area contributed by atoms with Crippen LogP contribution in [-0.4, -0.2) is 58.9 Å². The maximum absolute atomic E-state index is 12.7. The van der Waals surface area contributed by atoms with Gasteiger partial charge in [0.15, 0.2) is 0 Å². The molecule has 2 atom stereocenters. The number of hydrogen-bond donors (Lipinski definition) is 3. The fourth-order valence-corrected chi connectivity index (χ4v) is 4.46. The molecule has 0 aliphatic carbocycles. The lowest BCUT2D eigenvalue weighted by atomic mass is 9.97. The molecule has 7 nitrogen and oxygen atoms in total. The monoisotopic (exact) mass is 397 g/mol. The van der Waals surface area contributed by atoms with Crippen molar-refractivity contribution in [3.8, 4) is 0 Å². The van der Waals surface area contributed by atoms with Crippen molar-refractivity contribution >= 4 is 22.8 Å². The molecule has 1 aromatic carbocycles. The number of carbonyl (C=O) groups excluding carboxylic acids is 2. The molecule has 0 spiro atoms. The van der Waals surface area contributed by atoms with E-state index in [1.165, 1.54) is 0 Å². The molecule has 0 saturated carbocycles. The van der Waals surface area contributed by atoms with Crippen molar-refractivity contribution in [3.63, 3.8) is 0 Å². The predicted molar refractivity (Wildman–Crippen MR) is 112 cm³/mol. The summed E-state index contributed by atoms with van der Waals surface area (Å²) in [6.45, 7) is 5.18. The number of aromatic amines is 1. The van der Waals surface area contributed by atoms with Crippen molar-refractivity contribution in [2.24, 2.45) is 5.92 Å². The summed E-state index contributed by atoms with van der Waals surface area (Å²) in [6, 6.07) is 6.04. The van der Waals surface area contributed by atoms with Crippen LogP contribution in [0.1, 0.15) is 43.5 Å². The standard InChI is InChI=1S/C22H31N5O2/c1-15-5-2-7-17-21(15)26-19(25-17)9-10-20(28)27-12-4-6-16(14-27)13-24-22(29)18-8-3-11-23-18/h2,5,7,16,18,23H,3-4,6,8-14H2,1H3,(H,24,29)(H,25,26). The van der Waals surface area contributed by atoms with Crippen LogP contribution in [-0.2, 0) is 16.0 Å². The van der Waals surface area contributed by atoms with Gasteiger partial charge in [0.2, 0.25) is 11.8 Å². The molecule has 2 unspecified atom stereocenters. The molecule has 2 aromatic rings. The van der Waals surface area contributed by atoms with E-state index in [1.54, 1.807) is 0 Å². The SMILES string of the molecule is Cc1cccc2[nH]c(CCC(=O)N3CCCC(CNC(=O)C4CCCN4)C3)nc12. The van der Waals surface area contributed by atoms with Gasteiger partial charge in [0.25, 0.3) is 0 Å². The number of amides is 2. The van der Waals surface area contributed by atoms with E-state index < -0.39 is 0 Å². The number of nitrogens with zero attached hydrogens (tertiary/aromatic N) is 2. The van der Waals surface area contributed by atoms with Crippen LogP contribution in [0.2, 0.25) is 0 Å². The minimum Gasteiger partial charge on any atom is -0.354 e. The minimum absolute atomic E-state index is 0.0382. The number of H-pyrrole nitrogens is 1. The quantitative estimate of drug-likeness (QED) is 0.695. The van der Waals surface area contributed by atoms with Crippen LogP contribution in [0.15, 0.2) is 18.2 Å². The molecule has 3 N–H and O–H groups in total. The first kappa shape index (κ1) is 19.9. The van der Waals surface area contributed by atoms with Crippen LogP contribution < -0.4 is 10.6 Å². The Morgan fingerprint density at radius 1 is 1.28 bits per heavy atom. The molecule has 29 heavy (non-hydrogen) atoms. The van der Waals surface area contributed by atoms with Gasteiger partial charge in [-0.25, -0.2) is 4.98 Å². The van der Waals surface area contributed by atoms with E-state index in [-0.39, 0.29) is 17.9 Å². The van der Waals surface area contributed by atoms with Crippen LogP contribution in [0.3, 0.4) is 0 Å². The summed E-state index contributed by atoms with van der Waals surface area (Å²) in [5, 5.41) is 6.31. The highest BCUT2D eigenvalue weighted by molar-refractivity contribution is 5.82. The summed E-state index contributed by atoms with van der Waals surface area (Å²) < 4.78 is 0. The molecular weight excluding hydrogens is 366 g/mol. The average Bonchev–Trinajstić information content (AvgIpc) is 3.41. The summed E-state index contributed by atoms with van der Waals surface area (Å²) in [7, 11) is 0. The number of para-hydroxylation sites is 1. The van der Waals surface area contributed by atoms with Crippen LogP contribution in [0.4, 0.5) is 0 Å². The van der Waals surface area contributed by atoms with Crippen molar-refractivity contribution in [3.05, 3.63) is 29.6 Å². The molecule has 0 radical (unpaired) electrons. The van der Waals surface area contributed by atoms with Crippen molar-refractivity contribution in [1.82, 2.24) is 25.5 Å². The number of fused-ring (bicyclic) bond motifs is 1. The van der Waals surface area contributed by atoms with Gasteiger partial charge in [-0.1, -0.05) is 12.1 Å². The van der Waals surface area contributed by atoms with Crippen LogP contribution >= 0.6 is 0 Å². The third-order valence-corrected chi connectivity index (χ3v) is 6.15. The van der Waals surface area contributed by atoms with Gasteiger partial charge in [0.1, 0.15) is 5.82 Å². The van der Waals surface area contributed by atoms with Gasteiger partial charge in [0.05, 0.1) is 17.1 Å². The highest BCUT2D eigenvalue weighted by Gasteiger charge is 2.26. The number of rotatable bonds is 6. The number of likely N-dealkylation sites (tertiary alicyclic amines) is 1. The Bertz CT molecular complexity index is 871. The van der Waals surface area contributed by atoms with Gasteiger partial charge in [0, 0.05) is 32.5 Å². The Balaban J connectivity index is 1.25. The summed E-state index contributed by atoms with van der Waals surface area (Å²) in [4.78, 5) is 34.9. The molecule has 2 saturated heterocycles. The third-order valence-electron chi connectivity index (χ3n) is 6.15. The second-order valence-electron chi connectivity index (χ2n) is 8.40. The molecule has 0 bridgehead atoms. The van der Waals surface area contributed by atoms with Gasteiger partial charge < -0.3 is 20.5 Å². The van der Waals surface area contributed by atoms with Crippen LogP contribution in [0.25, 0.3) is 11.0 Å². The van der Waals surface area contributed by atoms with Gasteiger partial charge in [-0.05, 0) is 56.7 Å². The zero-order chi connectivity index (χ0) is 20.2. The molecule has 4 rings (SSSR count). The largest absolute Gasteiger partial charge is 0.354 e. The van der Waals surface area contributed by atoms with E-state index in [4.69, 9.17) is 0 Å². The molecule has 3 heterocycles. The second-order valence-corrected chi connectivity index (χ2v) is 8.40. The predicted octanol–water partition coefficient (Wildman–Crippen LogP) is 1.91. The van der Waals surface area contributed by atoms with E-state index >= 15 is 0 Å². The Hall–Kier alpha value is -2.41. The highest BCUT2D eigenvalue weighted by atomic mass is 16.2. The molecule has 1 aromatic heterocycles. The molecular formula is C22H31N5O2. The lowest BCUT2D eigenvalue weighted by Gasteiger charge is -2.33. The number of benzene rings is 1. The molecule has 2 aliphatic heterocycles. The molecule has 156 valence electrons. The number of piperidine rings is 1. The number of aryl methyl sites for hydroxylation is 2. The van der Waals surface area contributed by atoms with Crippen molar-refractivity contribution in [2.45, 2.75) is 51.5 Å². The maximum Gasteiger partial charge on any atom is 0.237 e. The zero-order valence-corrected chi connectivity index (χ0v) is 17.2. The number of aromatic nitrogens is 2. The van der Waals surface area contributed by atoms with Gasteiger partial charge >= 0.3 is 0 Å². The molecule has 2 aliphatic rings. The van der Waals surface area contributed by atoms with E-state index in [2.05, 4.69) is 20.6 Å². The van der Waals surface area contributed by atoms with Crippen molar-refractivity contribution in [2.75, 3.05) is 26.2 Å². The Morgan fingerprint density at radius 2 is 2.17 bits per heavy atom. The van der Waals surface area contributed by atoms with Crippen LogP contribution in [0, 0.1) is 12.8 Å². The third kappa shape index (κ3) is 4.78. The Kier molecular flexibility index (Phi) is 6.13. The zero-order valence-electron chi connectivity index (χ0n) is 17.2. The molecule has 7 heteroatoms. The number of carbonyl (C=O) groups is 2. The lowest BCUT2D eigenvalue weighted by Crippen LogP contribution is -2.46. The topological polar surface area (TPSA) is 90.1 Å². The summed E-state index contributed by atoms with van der Waals surface area (Å²) in [6.07, 6.45) is 5.13. The fraction of sp³-hybridized carbons (Fsp3) is 0.591. The number of imidazole rings is 1. The van der Waals surface area contributed by atoms with E-state index in [1.807, 2.05) is 30.0 Å². The lowest BCUT2D eigenvalue weighted by molar-refractivity contribution is -0.133. The number of hydrogen-bond acceptors (Lipinski definition) is 4.